The van der Waals surface area contributed by atoms with Gasteiger partial charge in [0.05, 0.1) is 0 Å². The molecule has 1 spiro atoms. The lowest BCUT2D eigenvalue weighted by atomic mass is 9.78. The molecule has 1 saturated carbocycles. The summed E-state index contributed by atoms with van der Waals surface area (Å²) in [6.45, 7) is 12.0. The van der Waals surface area contributed by atoms with Gasteiger partial charge in [-0.25, -0.2) is 0 Å². The summed E-state index contributed by atoms with van der Waals surface area (Å²) in [4.78, 5) is 2.89. The van der Waals surface area contributed by atoms with E-state index in [1.807, 2.05) is 0 Å². The Bertz CT molecular complexity index is 277. The summed E-state index contributed by atoms with van der Waals surface area (Å²) in [5.41, 5.74) is 0.453. The number of hydrogen-bond donors (Lipinski definition) is 1. The number of nitrogens with one attached hydrogen (secondary N) is 1. The second-order valence-electron chi connectivity index (χ2n) is 7.65. The van der Waals surface area contributed by atoms with Crippen molar-refractivity contribution in [3.8, 4) is 0 Å². The molecule has 118 valence electrons. The van der Waals surface area contributed by atoms with Crippen LogP contribution in [0.5, 0.6) is 0 Å². The predicted molar refractivity (Wildman–Crippen MR) is 88.1 cm³/mol. The van der Waals surface area contributed by atoms with E-state index in [2.05, 4.69) is 37.9 Å². The average Bonchev–Trinajstić information content (AvgIpc) is 2.44. The Morgan fingerprint density at radius 2 is 1.75 bits per heavy atom. The van der Waals surface area contributed by atoms with Crippen molar-refractivity contribution >= 4 is 0 Å². The summed E-state index contributed by atoms with van der Waals surface area (Å²) in [7, 11) is 0. The van der Waals surface area contributed by atoms with Crippen LogP contribution in [0.15, 0.2) is 0 Å². The molecule has 20 heavy (non-hydrogen) atoms. The van der Waals surface area contributed by atoms with Gasteiger partial charge in [-0.3, -0.25) is 4.90 Å². The maximum Gasteiger partial charge on any atom is 0.0309 e. The minimum absolute atomic E-state index is 0.453. The number of nitrogens with zero attached hydrogens (tertiary/aromatic N) is 1. The molecule has 1 atom stereocenters. The lowest BCUT2D eigenvalue weighted by molar-refractivity contribution is 0.0135. The fraction of sp³-hybridized carbons (Fsp3) is 1.00. The third-order valence-corrected chi connectivity index (χ3v) is 5.63. The van der Waals surface area contributed by atoms with Gasteiger partial charge in [-0.15, -0.1) is 0 Å². The first kappa shape index (κ1) is 16.3. The summed E-state index contributed by atoms with van der Waals surface area (Å²) in [6.07, 6.45) is 11.1. The highest BCUT2D eigenvalue weighted by Crippen LogP contribution is 2.34. The zero-order valence-electron chi connectivity index (χ0n) is 14.3. The molecule has 2 aliphatic rings. The van der Waals surface area contributed by atoms with Gasteiger partial charge in [-0.2, -0.15) is 0 Å². The van der Waals surface area contributed by atoms with Crippen LogP contribution in [0, 0.1) is 5.92 Å². The van der Waals surface area contributed by atoms with Crippen LogP contribution in [0.4, 0.5) is 0 Å². The number of piperazine rings is 1. The van der Waals surface area contributed by atoms with Gasteiger partial charge in [0.25, 0.3) is 0 Å². The van der Waals surface area contributed by atoms with E-state index < -0.39 is 0 Å². The van der Waals surface area contributed by atoms with E-state index in [0.717, 1.165) is 18.0 Å². The third kappa shape index (κ3) is 3.76. The zero-order chi connectivity index (χ0) is 14.6. The van der Waals surface area contributed by atoms with Gasteiger partial charge in [0.2, 0.25) is 0 Å². The van der Waals surface area contributed by atoms with Crippen molar-refractivity contribution in [2.75, 3.05) is 13.1 Å². The molecular weight excluding hydrogens is 244 g/mol. The van der Waals surface area contributed by atoms with E-state index in [9.17, 15) is 0 Å². The van der Waals surface area contributed by atoms with Gasteiger partial charge in [0, 0.05) is 30.7 Å². The van der Waals surface area contributed by atoms with Crippen molar-refractivity contribution in [1.29, 1.82) is 0 Å². The second-order valence-corrected chi connectivity index (χ2v) is 7.65. The quantitative estimate of drug-likeness (QED) is 0.812. The molecular formula is C18H36N2. The van der Waals surface area contributed by atoms with Crippen LogP contribution in [0.2, 0.25) is 0 Å². The molecule has 1 heterocycles. The zero-order valence-corrected chi connectivity index (χ0v) is 14.3. The maximum absolute atomic E-state index is 3.98. The van der Waals surface area contributed by atoms with Crippen LogP contribution in [-0.4, -0.2) is 35.6 Å². The lowest BCUT2D eigenvalue weighted by Crippen LogP contribution is -2.66. The highest BCUT2D eigenvalue weighted by Gasteiger charge is 2.41. The second kappa shape index (κ2) is 7.26. The predicted octanol–water partition coefficient (Wildman–Crippen LogP) is 4.20. The molecule has 2 fully saturated rings. The average molecular weight is 280 g/mol. The third-order valence-electron chi connectivity index (χ3n) is 5.63. The minimum atomic E-state index is 0.453. The van der Waals surface area contributed by atoms with Crippen LogP contribution >= 0.6 is 0 Å². The van der Waals surface area contributed by atoms with Crippen LogP contribution < -0.4 is 5.32 Å². The molecule has 2 rings (SSSR count). The first-order chi connectivity index (χ1) is 9.60. The van der Waals surface area contributed by atoms with E-state index >= 15 is 0 Å². The molecule has 1 aliphatic carbocycles. The Morgan fingerprint density at radius 1 is 1.10 bits per heavy atom. The van der Waals surface area contributed by atoms with Gasteiger partial charge in [0.1, 0.15) is 0 Å². The van der Waals surface area contributed by atoms with E-state index in [0.29, 0.717) is 5.54 Å². The highest BCUT2D eigenvalue weighted by molar-refractivity contribution is 5.01. The fourth-order valence-electron chi connectivity index (χ4n) is 4.50. The Labute approximate surface area is 126 Å². The van der Waals surface area contributed by atoms with Crippen molar-refractivity contribution in [2.45, 2.75) is 96.7 Å². The molecule has 1 saturated heterocycles. The van der Waals surface area contributed by atoms with E-state index in [-0.39, 0.29) is 0 Å². The molecule has 0 bridgehead atoms. The number of rotatable bonds is 5. The smallest absolute Gasteiger partial charge is 0.0309 e. The van der Waals surface area contributed by atoms with E-state index in [4.69, 9.17) is 0 Å². The summed E-state index contributed by atoms with van der Waals surface area (Å²) in [6, 6.07) is 1.55. The van der Waals surface area contributed by atoms with Gasteiger partial charge >= 0.3 is 0 Å². The molecule has 0 aromatic carbocycles. The highest BCUT2D eigenvalue weighted by atomic mass is 15.3. The maximum atomic E-state index is 3.98. The number of hydrogen-bond acceptors (Lipinski definition) is 2. The molecule has 2 nitrogen and oxygen atoms in total. The van der Waals surface area contributed by atoms with Gasteiger partial charge < -0.3 is 5.32 Å². The SMILES string of the molecule is CCC(CC)N1CC2(CCCCC2)NCC1CC(C)C. The van der Waals surface area contributed by atoms with Crippen LogP contribution in [-0.2, 0) is 0 Å². The fourth-order valence-corrected chi connectivity index (χ4v) is 4.50. The summed E-state index contributed by atoms with van der Waals surface area (Å²) in [5.74, 6) is 0.805. The van der Waals surface area contributed by atoms with Crippen LogP contribution in [0.25, 0.3) is 0 Å². The lowest BCUT2D eigenvalue weighted by Gasteiger charge is -2.52. The Kier molecular flexibility index (Phi) is 5.92. The van der Waals surface area contributed by atoms with Crippen molar-refractivity contribution in [1.82, 2.24) is 10.2 Å². The normalized spacial score (nSPS) is 27.6. The van der Waals surface area contributed by atoms with Crippen molar-refractivity contribution in [3.05, 3.63) is 0 Å². The van der Waals surface area contributed by atoms with Gasteiger partial charge in [-0.05, 0) is 38.0 Å². The standard InChI is InChI=1S/C18H36N2/c1-5-16(6-2)20-14-18(10-8-7-9-11-18)19-13-17(20)12-15(3)4/h15-17,19H,5-14H2,1-4H3. The molecule has 0 amide bonds. The molecule has 0 aromatic rings. The molecule has 0 aromatic heterocycles. The Balaban J connectivity index is 2.09. The van der Waals surface area contributed by atoms with Crippen molar-refractivity contribution in [3.63, 3.8) is 0 Å². The monoisotopic (exact) mass is 280 g/mol. The van der Waals surface area contributed by atoms with Gasteiger partial charge in [-0.1, -0.05) is 47.0 Å². The molecule has 0 radical (unpaired) electrons. The molecule has 1 N–H and O–H groups in total. The van der Waals surface area contributed by atoms with Crippen molar-refractivity contribution < 1.29 is 0 Å². The topological polar surface area (TPSA) is 15.3 Å². The Hall–Kier alpha value is -0.0800. The van der Waals surface area contributed by atoms with Gasteiger partial charge in [0.15, 0.2) is 0 Å². The first-order valence-corrected chi connectivity index (χ1v) is 9.11. The summed E-state index contributed by atoms with van der Waals surface area (Å²) < 4.78 is 0. The van der Waals surface area contributed by atoms with E-state index in [1.54, 1.807) is 0 Å². The van der Waals surface area contributed by atoms with Crippen LogP contribution in [0.1, 0.15) is 79.1 Å². The van der Waals surface area contributed by atoms with Crippen molar-refractivity contribution in [2.24, 2.45) is 5.92 Å². The first-order valence-electron chi connectivity index (χ1n) is 9.11. The summed E-state index contributed by atoms with van der Waals surface area (Å²) in [5, 5.41) is 3.98. The summed E-state index contributed by atoms with van der Waals surface area (Å²) >= 11 is 0. The largest absolute Gasteiger partial charge is 0.308 e. The molecule has 2 heteroatoms. The Morgan fingerprint density at radius 3 is 2.30 bits per heavy atom. The van der Waals surface area contributed by atoms with Crippen LogP contribution in [0.3, 0.4) is 0 Å². The molecule has 1 unspecified atom stereocenters. The van der Waals surface area contributed by atoms with E-state index in [1.165, 1.54) is 64.5 Å². The molecule has 1 aliphatic heterocycles. The minimum Gasteiger partial charge on any atom is -0.308 e.